The molecule has 5 atom stereocenters. The van der Waals surface area contributed by atoms with Crippen LogP contribution in [0.4, 0.5) is 0 Å². The molecule has 2 rings (SSSR count). The molecule has 5 nitrogen and oxygen atoms in total. The van der Waals surface area contributed by atoms with Gasteiger partial charge in [-0.2, -0.15) is 0 Å². The van der Waals surface area contributed by atoms with Crippen LogP contribution < -0.4 is 11.1 Å². The van der Waals surface area contributed by atoms with Crippen LogP contribution in [0.3, 0.4) is 0 Å². The van der Waals surface area contributed by atoms with Gasteiger partial charge in [-0.1, -0.05) is 0 Å². The van der Waals surface area contributed by atoms with E-state index in [1.165, 1.54) is 6.26 Å². The van der Waals surface area contributed by atoms with Crippen molar-refractivity contribution >= 4 is 28.2 Å². The van der Waals surface area contributed by atoms with Crippen molar-refractivity contribution in [2.75, 3.05) is 12.0 Å². The monoisotopic (exact) mass is 324 g/mol. The third-order valence-corrected chi connectivity index (χ3v) is 5.57. The highest BCUT2D eigenvalue weighted by Gasteiger charge is 2.49. The summed E-state index contributed by atoms with van der Waals surface area (Å²) >= 11 is 0. The van der Waals surface area contributed by atoms with Crippen LogP contribution in [0.1, 0.15) is 32.6 Å². The molecule has 118 valence electrons. The molecule has 0 aromatic heterocycles. The van der Waals surface area contributed by atoms with Crippen LogP contribution in [0.15, 0.2) is 0 Å². The first-order chi connectivity index (χ1) is 8.78. The van der Waals surface area contributed by atoms with Gasteiger partial charge in [0.25, 0.3) is 0 Å². The van der Waals surface area contributed by atoms with Gasteiger partial charge < -0.3 is 11.1 Å². The number of amides is 1. The Morgan fingerprint density at radius 1 is 1.35 bits per heavy atom. The molecule has 0 aliphatic heterocycles. The Balaban J connectivity index is 0.00000200. The minimum atomic E-state index is -2.97. The zero-order chi connectivity index (χ0) is 14.2. The lowest BCUT2D eigenvalue weighted by Gasteiger charge is -2.28. The molecule has 2 aliphatic carbocycles. The largest absolute Gasteiger partial charge is 0.353 e. The van der Waals surface area contributed by atoms with E-state index in [2.05, 4.69) is 5.32 Å². The minimum absolute atomic E-state index is 0. The Bertz CT molecular complexity index is 453. The molecule has 0 radical (unpaired) electrons. The molecule has 5 unspecified atom stereocenters. The van der Waals surface area contributed by atoms with Crippen molar-refractivity contribution in [1.82, 2.24) is 5.32 Å². The molecule has 0 spiro atoms. The average Bonchev–Trinajstić information content (AvgIpc) is 2.85. The van der Waals surface area contributed by atoms with Crippen LogP contribution in [-0.4, -0.2) is 38.4 Å². The predicted molar refractivity (Wildman–Crippen MR) is 81.5 cm³/mol. The van der Waals surface area contributed by atoms with Crippen molar-refractivity contribution in [2.45, 2.75) is 44.7 Å². The van der Waals surface area contributed by atoms with Gasteiger partial charge in [0.1, 0.15) is 9.84 Å². The second-order valence-corrected chi connectivity index (χ2v) is 8.52. The molecule has 20 heavy (non-hydrogen) atoms. The Hall–Kier alpha value is -0.330. The SMILES string of the molecule is CC(CCS(C)(=O)=O)NC(=O)C1C2CCC(C2)C1N.Cl. The summed E-state index contributed by atoms with van der Waals surface area (Å²) in [5, 5.41) is 2.93. The van der Waals surface area contributed by atoms with E-state index in [9.17, 15) is 13.2 Å². The highest BCUT2D eigenvalue weighted by Crippen LogP contribution is 2.47. The van der Waals surface area contributed by atoms with E-state index in [-0.39, 0.29) is 42.1 Å². The number of halogens is 1. The molecule has 0 saturated heterocycles. The number of fused-ring (bicyclic) bond motifs is 2. The lowest BCUT2D eigenvalue weighted by molar-refractivity contribution is -0.127. The quantitative estimate of drug-likeness (QED) is 0.780. The number of nitrogens with two attached hydrogens (primary N) is 1. The van der Waals surface area contributed by atoms with Crippen molar-refractivity contribution in [1.29, 1.82) is 0 Å². The molecule has 2 fully saturated rings. The van der Waals surface area contributed by atoms with Gasteiger partial charge in [0.15, 0.2) is 0 Å². The van der Waals surface area contributed by atoms with Crippen molar-refractivity contribution in [3.8, 4) is 0 Å². The molecule has 3 N–H and O–H groups in total. The Kier molecular flexibility index (Phi) is 5.87. The van der Waals surface area contributed by atoms with E-state index in [0.29, 0.717) is 18.3 Å². The second kappa shape index (κ2) is 6.62. The van der Waals surface area contributed by atoms with E-state index in [0.717, 1.165) is 19.3 Å². The molecule has 2 aliphatic rings. The zero-order valence-electron chi connectivity index (χ0n) is 12.0. The lowest BCUT2D eigenvalue weighted by atomic mass is 9.84. The van der Waals surface area contributed by atoms with Gasteiger partial charge in [0.2, 0.25) is 5.91 Å². The number of rotatable bonds is 5. The van der Waals surface area contributed by atoms with E-state index in [1.807, 2.05) is 6.92 Å². The number of sulfone groups is 1. The average molecular weight is 325 g/mol. The number of nitrogens with one attached hydrogen (secondary N) is 1. The summed E-state index contributed by atoms with van der Waals surface area (Å²) in [4.78, 5) is 12.2. The smallest absolute Gasteiger partial charge is 0.225 e. The van der Waals surface area contributed by atoms with Gasteiger partial charge >= 0.3 is 0 Å². The van der Waals surface area contributed by atoms with Crippen LogP contribution >= 0.6 is 12.4 Å². The van der Waals surface area contributed by atoms with Gasteiger partial charge in [0, 0.05) is 18.3 Å². The molecule has 7 heteroatoms. The van der Waals surface area contributed by atoms with E-state index in [1.54, 1.807) is 0 Å². The zero-order valence-corrected chi connectivity index (χ0v) is 13.7. The maximum Gasteiger partial charge on any atom is 0.225 e. The summed E-state index contributed by atoms with van der Waals surface area (Å²) in [6.07, 6.45) is 5.01. The molecule has 0 aromatic rings. The van der Waals surface area contributed by atoms with E-state index < -0.39 is 9.84 Å². The fourth-order valence-corrected chi connectivity index (χ4v) is 4.31. The fourth-order valence-electron chi connectivity index (χ4n) is 3.53. The van der Waals surface area contributed by atoms with Gasteiger partial charge in [-0.15, -0.1) is 12.4 Å². The molecule has 1 amide bonds. The number of hydrogen-bond acceptors (Lipinski definition) is 4. The normalized spacial score (nSPS) is 33.5. The summed E-state index contributed by atoms with van der Waals surface area (Å²) < 4.78 is 22.2. The molecule has 0 heterocycles. The van der Waals surface area contributed by atoms with Crippen molar-refractivity contribution < 1.29 is 13.2 Å². The molecule has 2 saturated carbocycles. The van der Waals surface area contributed by atoms with Gasteiger partial charge in [-0.05, 0) is 44.4 Å². The highest BCUT2D eigenvalue weighted by atomic mass is 35.5. The third-order valence-electron chi connectivity index (χ3n) is 4.59. The Labute approximate surface area is 127 Å². The van der Waals surface area contributed by atoms with Crippen molar-refractivity contribution in [3.63, 3.8) is 0 Å². The standard InChI is InChI=1S/C13H24N2O3S.ClH/c1-8(5-6-19(2,17)18)15-13(16)11-9-3-4-10(7-9)12(11)14;/h8-12H,3-7,14H2,1-2H3,(H,15,16);1H. The molecular formula is C13H25ClN2O3S. The topological polar surface area (TPSA) is 89.3 Å². The molecule has 2 bridgehead atoms. The first-order valence-corrected chi connectivity index (χ1v) is 9.07. The summed E-state index contributed by atoms with van der Waals surface area (Å²) in [7, 11) is -2.97. The number of carbonyl (C=O) groups is 1. The summed E-state index contributed by atoms with van der Waals surface area (Å²) in [5.41, 5.74) is 6.13. The lowest BCUT2D eigenvalue weighted by Crippen LogP contribution is -2.47. The van der Waals surface area contributed by atoms with Crippen LogP contribution in [0, 0.1) is 17.8 Å². The number of carbonyl (C=O) groups excluding carboxylic acids is 1. The van der Waals surface area contributed by atoms with Crippen molar-refractivity contribution in [2.24, 2.45) is 23.5 Å². The fraction of sp³-hybridized carbons (Fsp3) is 0.923. The predicted octanol–water partition coefficient (Wildman–Crippen LogP) is 0.721. The van der Waals surface area contributed by atoms with Gasteiger partial charge in [-0.3, -0.25) is 4.79 Å². The van der Waals surface area contributed by atoms with Crippen LogP contribution in [0.25, 0.3) is 0 Å². The second-order valence-electron chi connectivity index (χ2n) is 6.26. The molecule has 0 aromatic carbocycles. The third kappa shape index (κ3) is 4.09. The van der Waals surface area contributed by atoms with Gasteiger partial charge in [0.05, 0.1) is 11.7 Å². The number of hydrogen-bond donors (Lipinski definition) is 2. The van der Waals surface area contributed by atoms with Crippen LogP contribution in [-0.2, 0) is 14.6 Å². The van der Waals surface area contributed by atoms with E-state index in [4.69, 9.17) is 5.73 Å². The maximum atomic E-state index is 12.2. The van der Waals surface area contributed by atoms with Crippen LogP contribution in [0.2, 0.25) is 0 Å². The Morgan fingerprint density at radius 2 is 1.95 bits per heavy atom. The Morgan fingerprint density at radius 3 is 2.45 bits per heavy atom. The first kappa shape index (κ1) is 17.7. The summed E-state index contributed by atoms with van der Waals surface area (Å²) in [6.45, 7) is 1.85. The first-order valence-electron chi connectivity index (χ1n) is 7.01. The van der Waals surface area contributed by atoms with Gasteiger partial charge in [-0.25, -0.2) is 8.42 Å². The summed E-state index contributed by atoms with van der Waals surface area (Å²) in [5.74, 6) is 0.992. The van der Waals surface area contributed by atoms with Crippen LogP contribution in [0.5, 0.6) is 0 Å². The van der Waals surface area contributed by atoms with Crippen molar-refractivity contribution in [3.05, 3.63) is 0 Å². The maximum absolute atomic E-state index is 12.2. The molecular weight excluding hydrogens is 300 g/mol. The van der Waals surface area contributed by atoms with E-state index >= 15 is 0 Å². The highest BCUT2D eigenvalue weighted by molar-refractivity contribution is 7.90. The summed E-state index contributed by atoms with van der Waals surface area (Å²) in [6, 6.07) is -0.130. The minimum Gasteiger partial charge on any atom is -0.353 e.